The SMILES string of the molecule is Cn1cc(C(=O)NNC(=O)CNC(=O)C(C)(C)C)c2ccccc21. The minimum absolute atomic E-state index is 0.202. The zero-order valence-electron chi connectivity index (χ0n) is 14.3. The van der Waals surface area contributed by atoms with Crippen LogP contribution in [0.4, 0.5) is 0 Å². The van der Waals surface area contributed by atoms with Crippen molar-refractivity contribution in [1.29, 1.82) is 0 Å². The monoisotopic (exact) mass is 330 g/mol. The van der Waals surface area contributed by atoms with Crippen molar-refractivity contribution in [2.75, 3.05) is 6.54 Å². The van der Waals surface area contributed by atoms with E-state index < -0.39 is 17.2 Å². The van der Waals surface area contributed by atoms with Crippen LogP contribution in [0.25, 0.3) is 10.9 Å². The molecule has 0 radical (unpaired) electrons. The fourth-order valence-corrected chi connectivity index (χ4v) is 2.19. The summed E-state index contributed by atoms with van der Waals surface area (Å²) in [5.41, 5.74) is 5.47. The van der Waals surface area contributed by atoms with Gasteiger partial charge in [-0.25, -0.2) is 0 Å². The fourth-order valence-electron chi connectivity index (χ4n) is 2.19. The van der Waals surface area contributed by atoms with Crippen LogP contribution < -0.4 is 16.2 Å². The molecule has 0 fully saturated rings. The molecule has 0 saturated heterocycles. The molecule has 0 spiro atoms. The Hall–Kier alpha value is -2.83. The molecule has 128 valence electrons. The van der Waals surface area contributed by atoms with Crippen molar-refractivity contribution in [2.24, 2.45) is 12.5 Å². The normalized spacial score (nSPS) is 11.2. The molecule has 1 aromatic carbocycles. The maximum atomic E-state index is 12.2. The first-order valence-electron chi connectivity index (χ1n) is 7.61. The highest BCUT2D eigenvalue weighted by Crippen LogP contribution is 2.19. The molecule has 0 aliphatic rings. The molecule has 0 bridgehead atoms. The maximum Gasteiger partial charge on any atom is 0.271 e. The third-order valence-corrected chi connectivity index (χ3v) is 3.55. The van der Waals surface area contributed by atoms with Gasteiger partial charge in [0, 0.05) is 29.6 Å². The summed E-state index contributed by atoms with van der Waals surface area (Å²) in [6, 6.07) is 7.49. The van der Waals surface area contributed by atoms with E-state index in [1.165, 1.54) is 0 Å². The van der Waals surface area contributed by atoms with Crippen LogP contribution in [0, 0.1) is 5.41 Å². The molecular formula is C17H22N4O3. The number of hydrazine groups is 1. The summed E-state index contributed by atoms with van der Waals surface area (Å²) in [6.45, 7) is 5.06. The van der Waals surface area contributed by atoms with Gasteiger partial charge in [0.1, 0.15) is 0 Å². The number of hydrogen-bond donors (Lipinski definition) is 3. The lowest BCUT2D eigenvalue weighted by Crippen LogP contribution is -2.47. The second kappa shape index (κ2) is 6.74. The number of nitrogens with one attached hydrogen (secondary N) is 3. The van der Waals surface area contributed by atoms with Gasteiger partial charge >= 0.3 is 0 Å². The number of rotatable bonds is 3. The highest BCUT2D eigenvalue weighted by molar-refractivity contribution is 6.07. The summed E-state index contributed by atoms with van der Waals surface area (Å²) < 4.78 is 1.84. The fraction of sp³-hybridized carbons (Fsp3) is 0.353. The van der Waals surface area contributed by atoms with Crippen LogP contribution in [0.3, 0.4) is 0 Å². The van der Waals surface area contributed by atoms with E-state index in [0.717, 1.165) is 10.9 Å². The molecule has 7 heteroatoms. The third-order valence-electron chi connectivity index (χ3n) is 3.55. The molecule has 0 atom stereocenters. The number of benzene rings is 1. The van der Waals surface area contributed by atoms with Gasteiger partial charge in [-0.2, -0.15) is 0 Å². The molecule has 1 heterocycles. The quantitative estimate of drug-likeness (QED) is 0.736. The van der Waals surface area contributed by atoms with Crippen molar-refractivity contribution < 1.29 is 14.4 Å². The van der Waals surface area contributed by atoms with E-state index in [1.54, 1.807) is 27.0 Å². The molecule has 0 aliphatic carbocycles. The molecule has 3 N–H and O–H groups in total. The second-order valence-electron chi connectivity index (χ2n) is 6.61. The van der Waals surface area contributed by atoms with Crippen molar-refractivity contribution in [3.63, 3.8) is 0 Å². The number of para-hydroxylation sites is 1. The van der Waals surface area contributed by atoms with E-state index in [0.29, 0.717) is 5.56 Å². The average Bonchev–Trinajstić information content (AvgIpc) is 2.87. The molecule has 24 heavy (non-hydrogen) atoms. The Morgan fingerprint density at radius 1 is 1.08 bits per heavy atom. The number of aryl methyl sites for hydroxylation is 1. The van der Waals surface area contributed by atoms with Crippen molar-refractivity contribution in [2.45, 2.75) is 20.8 Å². The van der Waals surface area contributed by atoms with Gasteiger partial charge in [-0.3, -0.25) is 25.2 Å². The second-order valence-corrected chi connectivity index (χ2v) is 6.61. The Morgan fingerprint density at radius 2 is 1.75 bits per heavy atom. The molecule has 2 rings (SSSR count). The minimum atomic E-state index is -0.577. The van der Waals surface area contributed by atoms with E-state index >= 15 is 0 Å². The summed E-state index contributed by atoms with van der Waals surface area (Å²) in [5.74, 6) is -1.15. The number of amides is 3. The number of fused-ring (bicyclic) bond motifs is 1. The van der Waals surface area contributed by atoms with Crippen molar-refractivity contribution in [3.8, 4) is 0 Å². The number of carbonyl (C=O) groups is 3. The summed E-state index contributed by atoms with van der Waals surface area (Å²) in [5, 5.41) is 3.31. The van der Waals surface area contributed by atoms with Gasteiger partial charge in [-0.15, -0.1) is 0 Å². The summed E-state index contributed by atoms with van der Waals surface area (Å²) in [7, 11) is 1.85. The molecule has 0 aliphatic heterocycles. The van der Waals surface area contributed by atoms with Gasteiger partial charge in [0.15, 0.2) is 0 Å². The standard InChI is InChI=1S/C17H22N4O3/c1-17(2,3)16(24)18-9-14(22)19-20-15(23)12-10-21(4)13-8-6-5-7-11(12)13/h5-8,10H,9H2,1-4H3,(H,18,24)(H,19,22)(H,20,23). The third kappa shape index (κ3) is 3.92. The molecule has 7 nitrogen and oxygen atoms in total. The van der Waals surface area contributed by atoms with Gasteiger partial charge in [0.25, 0.3) is 11.8 Å². The van der Waals surface area contributed by atoms with E-state index in [9.17, 15) is 14.4 Å². The first-order chi connectivity index (χ1) is 11.2. The average molecular weight is 330 g/mol. The summed E-state index contributed by atoms with van der Waals surface area (Å²) in [6.07, 6.45) is 1.70. The summed E-state index contributed by atoms with van der Waals surface area (Å²) in [4.78, 5) is 35.7. The Kier molecular flexibility index (Phi) is 4.92. The van der Waals surface area contributed by atoms with Crippen LogP contribution in [0.2, 0.25) is 0 Å². The Bertz CT molecular complexity index is 787. The van der Waals surface area contributed by atoms with E-state index in [-0.39, 0.29) is 12.5 Å². The smallest absolute Gasteiger partial charge is 0.271 e. The van der Waals surface area contributed by atoms with Gasteiger partial charge in [0.2, 0.25) is 5.91 Å². The molecule has 0 unspecified atom stereocenters. The minimum Gasteiger partial charge on any atom is -0.350 e. The van der Waals surface area contributed by atoms with Crippen LogP contribution in [0.15, 0.2) is 30.5 Å². The highest BCUT2D eigenvalue weighted by atomic mass is 16.2. The predicted octanol–water partition coefficient (Wildman–Crippen LogP) is 1.10. The van der Waals surface area contributed by atoms with E-state index in [4.69, 9.17) is 0 Å². The largest absolute Gasteiger partial charge is 0.350 e. The molecular weight excluding hydrogens is 308 g/mol. The molecule has 3 amide bonds. The van der Waals surface area contributed by atoms with E-state index in [2.05, 4.69) is 16.2 Å². The summed E-state index contributed by atoms with van der Waals surface area (Å²) >= 11 is 0. The van der Waals surface area contributed by atoms with E-state index in [1.807, 2.05) is 35.9 Å². The Labute approximate surface area is 140 Å². The Balaban J connectivity index is 1.93. The topological polar surface area (TPSA) is 92.2 Å². The van der Waals surface area contributed by atoms with Crippen LogP contribution in [0.5, 0.6) is 0 Å². The molecule has 0 saturated carbocycles. The van der Waals surface area contributed by atoms with Gasteiger partial charge in [-0.05, 0) is 6.07 Å². The number of nitrogens with zero attached hydrogens (tertiary/aromatic N) is 1. The number of aromatic nitrogens is 1. The van der Waals surface area contributed by atoms with Gasteiger partial charge in [-0.1, -0.05) is 39.0 Å². The molecule has 1 aromatic heterocycles. The maximum absolute atomic E-state index is 12.2. The van der Waals surface area contributed by atoms with Gasteiger partial charge < -0.3 is 9.88 Å². The van der Waals surface area contributed by atoms with Crippen LogP contribution >= 0.6 is 0 Å². The van der Waals surface area contributed by atoms with Crippen molar-refractivity contribution in [3.05, 3.63) is 36.0 Å². The number of carbonyl (C=O) groups excluding carboxylic acids is 3. The zero-order chi connectivity index (χ0) is 17.9. The lowest BCUT2D eigenvalue weighted by Gasteiger charge is -2.17. The highest BCUT2D eigenvalue weighted by Gasteiger charge is 2.21. The van der Waals surface area contributed by atoms with Crippen LogP contribution in [-0.4, -0.2) is 28.8 Å². The van der Waals surface area contributed by atoms with Gasteiger partial charge in [0.05, 0.1) is 12.1 Å². The number of hydrogen-bond acceptors (Lipinski definition) is 3. The lowest BCUT2D eigenvalue weighted by atomic mass is 9.96. The van der Waals surface area contributed by atoms with Crippen molar-refractivity contribution in [1.82, 2.24) is 20.7 Å². The first kappa shape index (κ1) is 17.5. The first-order valence-corrected chi connectivity index (χ1v) is 7.61. The van der Waals surface area contributed by atoms with Crippen LogP contribution in [0.1, 0.15) is 31.1 Å². The van der Waals surface area contributed by atoms with Crippen molar-refractivity contribution >= 4 is 28.6 Å². The lowest BCUT2D eigenvalue weighted by molar-refractivity contribution is -0.131. The zero-order valence-corrected chi connectivity index (χ0v) is 14.3. The Morgan fingerprint density at radius 3 is 2.42 bits per heavy atom. The molecule has 2 aromatic rings. The predicted molar refractivity (Wildman–Crippen MR) is 91.0 cm³/mol. The van der Waals surface area contributed by atoms with Crippen LogP contribution in [-0.2, 0) is 16.6 Å².